The minimum absolute atomic E-state index is 0.0238. The number of hydrogen-bond donors (Lipinski definition) is 3. The van der Waals surface area contributed by atoms with Crippen molar-refractivity contribution in [2.45, 2.75) is 49.3 Å². The molecular weight excluding hydrogens is 484 g/mol. The van der Waals surface area contributed by atoms with E-state index in [4.69, 9.17) is 26.2 Å². The van der Waals surface area contributed by atoms with Crippen molar-refractivity contribution in [2.75, 3.05) is 18.5 Å². The first-order valence-electron chi connectivity index (χ1n) is 10.9. The first kappa shape index (κ1) is 26.1. The Labute approximate surface area is 203 Å². The van der Waals surface area contributed by atoms with E-state index in [-0.39, 0.29) is 30.6 Å². The van der Waals surface area contributed by atoms with Gasteiger partial charge in [-0.05, 0) is 67.6 Å². The number of amides is 1. The van der Waals surface area contributed by atoms with Crippen LogP contribution in [0.25, 0.3) is 0 Å². The van der Waals surface area contributed by atoms with Gasteiger partial charge in [0.05, 0.1) is 17.9 Å². The van der Waals surface area contributed by atoms with Crippen LogP contribution in [0.4, 0.5) is 5.69 Å². The molecule has 0 aliphatic carbocycles. The number of benzene rings is 2. The highest BCUT2D eigenvalue weighted by molar-refractivity contribution is 7.89. The number of halogens is 1. The fourth-order valence-electron chi connectivity index (χ4n) is 3.38. The molecule has 1 amide bonds. The Kier molecular flexibility index (Phi) is 9.43. The van der Waals surface area contributed by atoms with E-state index in [1.807, 2.05) is 0 Å². The maximum absolute atomic E-state index is 13.0. The fourth-order valence-corrected chi connectivity index (χ4v) is 4.74. The zero-order chi connectivity index (χ0) is 24.6. The molecule has 11 heteroatoms. The van der Waals surface area contributed by atoms with Crippen LogP contribution in [0.3, 0.4) is 0 Å². The largest absolute Gasteiger partial charge is 0.481 e. The summed E-state index contributed by atoms with van der Waals surface area (Å²) in [5.41, 5.74) is 0.984. The van der Waals surface area contributed by atoms with Crippen LogP contribution in [0.5, 0.6) is 0 Å². The van der Waals surface area contributed by atoms with Crippen molar-refractivity contribution < 1.29 is 32.6 Å². The lowest BCUT2D eigenvalue weighted by molar-refractivity contribution is -0.163. The average Bonchev–Trinajstić information content (AvgIpc) is 2.80. The van der Waals surface area contributed by atoms with E-state index in [0.29, 0.717) is 22.9 Å². The highest BCUT2D eigenvalue weighted by Gasteiger charge is 2.26. The molecule has 184 valence electrons. The van der Waals surface area contributed by atoms with Gasteiger partial charge in [0.2, 0.25) is 15.9 Å². The number of ether oxygens (including phenoxy) is 2. The van der Waals surface area contributed by atoms with Crippen LogP contribution < -0.4 is 10.0 Å². The normalized spacial score (nSPS) is 17.1. The molecule has 0 bridgehead atoms. The predicted molar refractivity (Wildman–Crippen MR) is 126 cm³/mol. The van der Waals surface area contributed by atoms with E-state index in [9.17, 15) is 18.0 Å². The number of carbonyl (C=O) groups is 2. The maximum atomic E-state index is 13.0. The van der Waals surface area contributed by atoms with Crippen LogP contribution in [-0.2, 0) is 35.5 Å². The summed E-state index contributed by atoms with van der Waals surface area (Å²) >= 11 is 5.85. The third-order valence-electron chi connectivity index (χ3n) is 5.16. The smallest absolute Gasteiger partial charge is 0.307 e. The first-order chi connectivity index (χ1) is 16.2. The predicted octanol–water partition coefficient (Wildman–Crippen LogP) is 3.19. The van der Waals surface area contributed by atoms with Gasteiger partial charge in [-0.15, -0.1) is 0 Å². The molecule has 1 fully saturated rings. The fraction of sp³-hybridized carbons (Fsp3) is 0.391. The van der Waals surface area contributed by atoms with Crippen molar-refractivity contribution in [1.82, 2.24) is 4.72 Å². The van der Waals surface area contributed by atoms with Crippen LogP contribution in [0, 0.1) is 0 Å². The van der Waals surface area contributed by atoms with Crippen LogP contribution in [0.2, 0.25) is 5.02 Å². The SMILES string of the molecule is O=C(O)Cc1ccc(NC(=O)C(CCOC2CCCCO2)NS(=O)(=O)c2ccc(Cl)cc2)cc1. The lowest BCUT2D eigenvalue weighted by atomic mass is 10.1. The second-order valence-electron chi connectivity index (χ2n) is 7.84. The van der Waals surface area contributed by atoms with Gasteiger partial charge >= 0.3 is 5.97 Å². The van der Waals surface area contributed by atoms with Gasteiger partial charge in [-0.3, -0.25) is 9.59 Å². The Bertz CT molecular complexity index is 1070. The summed E-state index contributed by atoms with van der Waals surface area (Å²) in [4.78, 5) is 23.8. The number of sulfonamides is 1. The van der Waals surface area contributed by atoms with Gasteiger partial charge in [0.15, 0.2) is 6.29 Å². The highest BCUT2D eigenvalue weighted by Crippen LogP contribution is 2.17. The number of rotatable bonds is 11. The summed E-state index contributed by atoms with van der Waals surface area (Å²) < 4.78 is 39.4. The topological polar surface area (TPSA) is 131 Å². The number of hydrogen-bond acceptors (Lipinski definition) is 6. The molecule has 1 aliphatic heterocycles. The van der Waals surface area contributed by atoms with Gasteiger partial charge in [-0.2, -0.15) is 4.72 Å². The summed E-state index contributed by atoms with van der Waals surface area (Å²) in [5, 5.41) is 11.9. The Balaban J connectivity index is 1.69. The monoisotopic (exact) mass is 510 g/mol. The molecule has 0 spiro atoms. The second kappa shape index (κ2) is 12.3. The molecule has 3 rings (SSSR count). The van der Waals surface area contributed by atoms with Crippen LogP contribution >= 0.6 is 11.6 Å². The van der Waals surface area contributed by atoms with Crippen molar-refractivity contribution in [1.29, 1.82) is 0 Å². The molecule has 0 saturated carbocycles. The highest BCUT2D eigenvalue weighted by atomic mass is 35.5. The summed E-state index contributed by atoms with van der Waals surface area (Å²) in [5.74, 6) is -1.54. The zero-order valence-corrected chi connectivity index (χ0v) is 20.0. The molecule has 0 aromatic heterocycles. The Hall–Kier alpha value is -2.50. The second-order valence-corrected chi connectivity index (χ2v) is 9.99. The van der Waals surface area contributed by atoms with E-state index in [1.54, 1.807) is 24.3 Å². The molecule has 34 heavy (non-hydrogen) atoms. The van der Waals surface area contributed by atoms with E-state index >= 15 is 0 Å². The Morgan fingerprint density at radius 3 is 2.44 bits per heavy atom. The Morgan fingerprint density at radius 1 is 1.12 bits per heavy atom. The van der Waals surface area contributed by atoms with Gasteiger partial charge in [-0.25, -0.2) is 8.42 Å². The molecule has 1 saturated heterocycles. The van der Waals surface area contributed by atoms with Gasteiger partial charge in [0, 0.05) is 17.3 Å². The van der Waals surface area contributed by atoms with Gasteiger partial charge < -0.3 is 19.9 Å². The van der Waals surface area contributed by atoms with Crippen molar-refractivity contribution in [3.8, 4) is 0 Å². The average molecular weight is 511 g/mol. The summed E-state index contributed by atoms with van der Waals surface area (Å²) in [6, 6.07) is 10.8. The van der Waals surface area contributed by atoms with Crippen molar-refractivity contribution in [3.05, 3.63) is 59.1 Å². The number of anilines is 1. The zero-order valence-electron chi connectivity index (χ0n) is 18.4. The minimum Gasteiger partial charge on any atom is -0.481 e. The van der Waals surface area contributed by atoms with E-state index in [0.717, 1.165) is 19.3 Å². The van der Waals surface area contributed by atoms with Crippen LogP contribution in [0.15, 0.2) is 53.4 Å². The maximum Gasteiger partial charge on any atom is 0.307 e. The number of aliphatic carboxylic acids is 1. The Morgan fingerprint density at radius 2 is 1.82 bits per heavy atom. The number of nitrogens with one attached hydrogen (secondary N) is 2. The molecule has 2 unspecified atom stereocenters. The molecule has 9 nitrogen and oxygen atoms in total. The third kappa shape index (κ3) is 8.07. The summed E-state index contributed by atoms with van der Waals surface area (Å²) in [6.07, 6.45) is 2.27. The van der Waals surface area contributed by atoms with Crippen LogP contribution in [0.1, 0.15) is 31.2 Å². The van der Waals surface area contributed by atoms with E-state index in [2.05, 4.69) is 10.0 Å². The first-order valence-corrected chi connectivity index (χ1v) is 12.7. The third-order valence-corrected chi connectivity index (χ3v) is 6.90. The van der Waals surface area contributed by atoms with Crippen molar-refractivity contribution in [2.24, 2.45) is 0 Å². The van der Waals surface area contributed by atoms with E-state index < -0.39 is 27.9 Å². The lowest BCUT2D eigenvalue weighted by Gasteiger charge is -2.24. The van der Waals surface area contributed by atoms with E-state index in [1.165, 1.54) is 24.3 Å². The standard InChI is InChI=1S/C23H27ClN2O7S/c24-17-6-10-19(11-7-17)34(30,31)26-20(12-14-33-22-3-1-2-13-32-22)23(29)25-18-8-4-16(5-9-18)15-21(27)28/h4-11,20,22,26H,1-3,12-15H2,(H,25,29)(H,27,28). The number of carboxylic acids is 1. The molecule has 1 aliphatic rings. The van der Waals surface area contributed by atoms with Crippen molar-refractivity contribution >= 4 is 39.2 Å². The van der Waals surface area contributed by atoms with Crippen LogP contribution in [-0.4, -0.2) is 50.9 Å². The summed E-state index contributed by atoms with van der Waals surface area (Å²) in [6.45, 7) is 0.721. The molecule has 2 aromatic carbocycles. The lowest BCUT2D eigenvalue weighted by Crippen LogP contribution is -2.44. The molecule has 0 radical (unpaired) electrons. The van der Waals surface area contributed by atoms with Gasteiger partial charge in [0.1, 0.15) is 6.04 Å². The van der Waals surface area contributed by atoms with Gasteiger partial charge in [0.25, 0.3) is 0 Å². The summed E-state index contributed by atoms with van der Waals surface area (Å²) in [7, 11) is -4.01. The number of carboxylic acid groups (broad SMARTS) is 1. The molecule has 2 aromatic rings. The number of carbonyl (C=O) groups excluding carboxylic acids is 1. The minimum atomic E-state index is -4.01. The molecular formula is C23H27ClN2O7S. The molecule has 1 heterocycles. The van der Waals surface area contributed by atoms with Crippen molar-refractivity contribution in [3.63, 3.8) is 0 Å². The molecule has 3 N–H and O–H groups in total. The molecule has 2 atom stereocenters. The quantitative estimate of drug-likeness (QED) is 0.423. The van der Waals surface area contributed by atoms with Gasteiger partial charge in [-0.1, -0.05) is 23.7 Å².